The van der Waals surface area contributed by atoms with Gasteiger partial charge in [0.2, 0.25) is 6.41 Å². The van der Waals surface area contributed by atoms with Gasteiger partial charge in [-0.1, -0.05) is 60.2 Å². The van der Waals surface area contributed by atoms with Gasteiger partial charge in [-0.25, -0.2) is 4.79 Å². The Morgan fingerprint density at radius 3 is 2.30 bits per heavy atom. The summed E-state index contributed by atoms with van der Waals surface area (Å²) in [5.74, 6) is -0.398. The first-order chi connectivity index (χ1) is 15.7. The number of hydrogen-bond donors (Lipinski definition) is 1. The Morgan fingerprint density at radius 1 is 1.12 bits per heavy atom. The van der Waals surface area contributed by atoms with Gasteiger partial charge in [-0.15, -0.1) is 0 Å². The highest BCUT2D eigenvalue weighted by Crippen LogP contribution is 2.20. The van der Waals surface area contributed by atoms with Gasteiger partial charge in [-0.3, -0.25) is 9.69 Å². The molecule has 1 unspecified atom stereocenters. The molecule has 1 saturated heterocycles. The molecule has 6 nitrogen and oxygen atoms in total. The number of benzene rings is 2. The molecule has 6 heteroatoms. The van der Waals surface area contributed by atoms with E-state index in [1.165, 1.54) is 11.1 Å². The monoisotopic (exact) mass is 454 g/mol. The van der Waals surface area contributed by atoms with Crippen molar-refractivity contribution in [1.82, 2.24) is 10.2 Å². The molecule has 1 N–H and O–H groups in total. The number of rotatable bonds is 7. The summed E-state index contributed by atoms with van der Waals surface area (Å²) in [7, 11) is 1.71. The fourth-order valence-corrected chi connectivity index (χ4v) is 3.50. The number of esters is 1. The summed E-state index contributed by atoms with van der Waals surface area (Å²) >= 11 is 0. The number of nitrogens with zero attached hydrogens (tertiary/aromatic N) is 1. The van der Waals surface area contributed by atoms with Crippen LogP contribution in [0.1, 0.15) is 56.3 Å². The zero-order valence-electron chi connectivity index (χ0n) is 20.5. The second-order valence-corrected chi connectivity index (χ2v) is 9.35. The highest BCUT2D eigenvalue weighted by atomic mass is 16.5. The predicted octanol–water partition coefficient (Wildman–Crippen LogP) is 4.42. The second kappa shape index (κ2) is 13.1. The summed E-state index contributed by atoms with van der Waals surface area (Å²) < 4.78 is 10.6. The minimum absolute atomic E-state index is 0.0417. The van der Waals surface area contributed by atoms with Crippen LogP contribution in [0, 0.1) is 6.92 Å². The smallest absolute Gasteiger partial charge is 0.333 e. The van der Waals surface area contributed by atoms with Crippen molar-refractivity contribution < 1.29 is 19.1 Å². The van der Waals surface area contributed by atoms with Crippen molar-refractivity contribution in [2.75, 3.05) is 20.2 Å². The quantitative estimate of drug-likeness (QED) is 0.495. The van der Waals surface area contributed by atoms with Crippen LogP contribution in [0.25, 0.3) is 0 Å². The first-order valence-corrected chi connectivity index (χ1v) is 11.5. The zero-order chi connectivity index (χ0) is 24.3. The number of amides is 1. The molecule has 1 amide bonds. The van der Waals surface area contributed by atoms with Crippen LogP contribution >= 0.6 is 0 Å². The topological polar surface area (TPSA) is 67.9 Å². The van der Waals surface area contributed by atoms with Gasteiger partial charge in [0.05, 0.1) is 5.60 Å². The van der Waals surface area contributed by atoms with Crippen LogP contribution < -0.4 is 5.32 Å². The van der Waals surface area contributed by atoms with Crippen LogP contribution in [0.15, 0.2) is 54.6 Å². The summed E-state index contributed by atoms with van der Waals surface area (Å²) in [4.78, 5) is 25.8. The van der Waals surface area contributed by atoms with Crippen molar-refractivity contribution in [2.45, 2.75) is 64.8 Å². The number of likely N-dealkylation sites (tertiary alicyclic amines) is 1. The lowest BCUT2D eigenvalue weighted by atomic mass is 10.0. The second-order valence-electron chi connectivity index (χ2n) is 9.35. The molecule has 0 aliphatic carbocycles. The fourth-order valence-electron chi connectivity index (χ4n) is 3.50. The van der Waals surface area contributed by atoms with E-state index in [1.54, 1.807) is 7.11 Å². The summed E-state index contributed by atoms with van der Waals surface area (Å²) in [6.07, 6.45) is 2.05. The van der Waals surface area contributed by atoms with Crippen molar-refractivity contribution in [3.63, 3.8) is 0 Å². The summed E-state index contributed by atoms with van der Waals surface area (Å²) in [6, 6.07) is 17.0. The number of carbonyl (C=O) groups excluding carboxylic acids is 2. The summed E-state index contributed by atoms with van der Waals surface area (Å²) in [5, 5.41) is 2.57. The van der Waals surface area contributed by atoms with E-state index in [0.29, 0.717) is 6.41 Å². The van der Waals surface area contributed by atoms with Gasteiger partial charge in [0.15, 0.2) is 6.04 Å². The maximum absolute atomic E-state index is 12.6. The molecule has 1 aliphatic heterocycles. The molecular formula is C27H38N2O4. The predicted molar refractivity (Wildman–Crippen MR) is 131 cm³/mol. The van der Waals surface area contributed by atoms with Crippen LogP contribution in [0.2, 0.25) is 0 Å². The van der Waals surface area contributed by atoms with Crippen LogP contribution in [0.4, 0.5) is 0 Å². The Bertz CT molecular complexity index is 856. The van der Waals surface area contributed by atoms with Gasteiger partial charge in [0.1, 0.15) is 6.10 Å². The maximum Gasteiger partial charge on any atom is 0.333 e. The van der Waals surface area contributed by atoms with E-state index in [9.17, 15) is 9.59 Å². The number of hydrogen-bond acceptors (Lipinski definition) is 5. The van der Waals surface area contributed by atoms with Crippen LogP contribution in [-0.4, -0.2) is 49.2 Å². The molecule has 0 saturated carbocycles. The lowest BCUT2D eigenvalue weighted by Gasteiger charge is -2.32. The number of methoxy groups -OCH3 is 1. The van der Waals surface area contributed by atoms with Gasteiger partial charge in [-0.05, 0) is 51.7 Å². The van der Waals surface area contributed by atoms with E-state index >= 15 is 0 Å². The molecule has 0 bridgehead atoms. The normalized spacial score (nSPS) is 15.7. The van der Waals surface area contributed by atoms with E-state index in [2.05, 4.69) is 41.4 Å². The Labute approximate surface area is 198 Å². The molecule has 180 valence electrons. The summed E-state index contributed by atoms with van der Waals surface area (Å²) in [6.45, 7) is 10.9. The SMILES string of the molecule is COC(C)(C)C.Cc1cccc(CN2CCC(OC(=O)C(NC=O)c3ccccc3)CC2)c1. The lowest BCUT2D eigenvalue weighted by Crippen LogP contribution is -2.39. The highest BCUT2D eigenvalue weighted by molar-refractivity contribution is 5.80. The molecule has 33 heavy (non-hydrogen) atoms. The van der Waals surface area contributed by atoms with Crippen molar-refractivity contribution in [3.8, 4) is 0 Å². The fraction of sp³-hybridized carbons (Fsp3) is 0.481. The molecule has 1 atom stereocenters. The first kappa shape index (κ1) is 26.6. The number of carbonyl (C=O) groups is 2. The molecule has 2 aromatic carbocycles. The van der Waals surface area contributed by atoms with Crippen molar-refractivity contribution >= 4 is 12.4 Å². The Hall–Kier alpha value is -2.70. The minimum atomic E-state index is -0.756. The van der Waals surface area contributed by atoms with E-state index in [1.807, 2.05) is 51.1 Å². The van der Waals surface area contributed by atoms with Crippen molar-refractivity contribution in [1.29, 1.82) is 0 Å². The third kappa shape index (κ3) is 9.76. The average molecular weight is 455 g/mol. The van der Waals surface area contributed by atoms with Crippen molar-refractivity contribution in [2.24, 2.45) is 0 Å². The molecular weight excluding hydrogens is 416 g/mol. The Balaban J connectivity index is 0.000000569. The number of aryl methyl sites for hydroxylation is 1. The molecule has 0 radical (unpaired) electrons. The number of nitrogens with one attached hydrogen (secondary N) is 1. The third-order valence-electron chi connectivity index (χ3n) is 5.52. The minimum Gasteiger partial charge on any atom is -0.460 e. The van der Waals surface area contributed by atoms with Crippen LogP contribution in [0.5, 0.6) is 0 Å². The van der Waals surface area contributed by atoms with Gasteiger partial charge >= 0.3 is 5.97 Å². The largest absolute Gasteiger partial charge is 0.460 e. The molecule has 1 aliphatic rings. The molecule has 2 aromatic rings. The van der Waals surface area contributed by atoms with E-state index in [0.717, 1.165) is 38.0 Å². The molecule has 0 spiro atoms. The van der Waals surface area contributed by atoms with Gasteiger partial charge in [-0.2, -0.15) is 0 Å². The lowest BCUT2D eigenvalue weighted by molar-refractivity contribution is -0.154. The average Bonchev–Trinajstić information content (AvgIpc) is 2.79. The van der Waals surface area contributed by atoms with Crippen LogP contribution in [0.3, 0.4) is 0 Å². The molecule has 1 fully saturated rings. The number of ether oxygens (including phenoxy) is 2. The third-order valence-corrected chi connectivity index (χ3v) is 5.52. The molecule has 3 rings (SSSR count). The number of piperidine rings is 1. The Kier molecular flexibility index (Phi) is 10.6. The van der Waals surface area contributed by atoms with Gasteiger partial charge in [0.25, 0.3) is 0 Å². The summed E-state index contributed by atoms with van der Waals surface area (Å²) in [5.41, 5.74) is 3.35. The van der Waals surface area contributed by atoms with Gasteiger partial charge in [0, 0.05) is 26.7 Å². The van der Waals surface area contributed by atoms with Crippen LogP contribution in [-0.2, 0) is 25.6 Å². The molecule has 0 aromatic heterocycles. The first-order valence-electron chi connectivity index (χ1n) is 11.5. The van der Waals surface area contributed by atoms with E-state index in [4.69, 9.17) is 9.47 Å². The zero-order valence-corrected chi connectivity index (χ0v) is 20.5. The van der Waals surface area contributed by atoms with E-state index < -0.39 is 12.0 Å². The van der Waals surface area contributed by atoms with E-state index in [-0.39, 0.29) is 11.7 Å². The maximum atomic E-state index is 12.6. The van der Waals surface area contributed by atoms with Gasteiger partial charge < -0.3 is 14.8 Å². The molecule has 1 heterocycles. The highest BCUT2D eigenvalue weighted by Gasteiger charge is 2.27. The standard InChI is InChI=1S/C22H26N2O3.C5H12O/c1-17-6-5-7-18(14-17)15-24-12-10-20(11-13-24)27-22(26)21(23-16-25)19-8-3-2-4-9-19;1-5(2,3)6-4/h2-9,14,16,20-21H,10-13,15H2,1H3,(H,23,25);1-4H3. The Morgan fingerprint density at radius 2 is 1.76 bits per heavy atom. The van der Waals surface area contributed by atoms with Crippen molar-refractivity contribution in [3.05, 3.63) is 71.3 Å².